The van der Waals surface area contributed by atoms with Gasteiger partial charge in [-0.05, 0) is 132 Å². The molecule has 99 heavy (non-hydrogen) atoms. The van der Waals surface area contributed by atoms with Crippen LogP contribution in [0.25, 0.3) is 44.6 Å². The summed E-state index contributed by atoms with van der Waals surface area (Å²) in [6.45, 7) is 57.3. The average Bonchev–Trinajstić information content (AvgIpc) is 1.64. The Morgan fingerprint density at radius 2 is 1.02 bits per heavy atom. The summed E-state index contributed by atoms with van der Waals surface area (Å²) in [5, 5.41) is 15.5. The molecule has 0 saturated carbocycles. The summed E-state index contributed by atoms with van der Waals surface area (Å²) in [5.41, 5.74) is 4.09. The van der Waals surface area contributed by atoms with E-state index in [1.165, 1.54) is 6.33 Å². The minimum Gasteiger partial charge on any atom is -0.491 e. The van der Waals surface area contributed by atoms with Gasteiger partial charge in [0.05, 0.1) is 34.6 Å². The number of nitrogens with one attached hydrogen (secondary N) is 1. The first-order valence-electron chi connectivity index (χ1n) is 35.9. The lowest BCUT2D eigenvalue weighted by Crippen LogP contribution is -2.55. The zero-order valence-electron chi connectivity index (χ0n) is 62.9. The zero-order valence-corrected chi connectivity index (χ0v) is 65.7. The summed E-state index contributed by atoms with van der Waals surface area (Å²) in [6, 6.07) is 19.1. The number of carbonyl (C=O) groups excluding carboxylic acids is 2. The van der Waals surface area contributed by atoms with Crippen molar-refractivity contribution in [3.05, 3.63) is 66.3 Å². The highest BCUT2D eigenvalue weighted by Crippen LogP contribution is 2.34. The van der Waals surface area contributed by atoms with Crippen LogP contribution >= 0.6 is 11.6 Å². The van der Waals surface area contributed by atoms with Crippen molar-refractivity contribution in [2.24, 2.45) is 0 Å². The maximum absolute atomic E-state index is 12.5. The quantitative estimate of drug-likeness (QED) is 0.0359. The number of piperazine rings is 4. The van der Waals surface area contributed by atoms with Crippen molar-refractivity contribution in [2.45, 2.75) is 183 Å². The lowest BCUT2D eigenvalue weighted by Gasteiger charge is -2.42. The predicted molar refractivity (Wildman–Crippen MR) is 402 cm³/mol. The van der Waals surface area contributed by atoms with Crippen molar-refractivity contribution < 1.29 is 38.0 Å². The van der Waals surface area contributed by atoms with Crippen LogP contribution in [0.5, 0.6) is 11.5 Å². The van der Waals surface area contributed by atoms with E-state index in [1.54, 1.807) is 12.4 Å². The molecule has 2 aromatic carbocycles. The number of hydrogen-bond acceptors (Lipinski definition) is 20. The first-order chi connectivity index (χ1) is 46.7. The third-order valence-corrected chi connectivity index (χ3v) is 21.2. The van der Waals surface area contributed by atoms with Crippen LogP contribution in [0.1, 0.15) is 83.1 Å². The van der Waals surface area contributed by atoms with E-state index >= 15 is 0 Å². The molecule has 2 atom stereocenters. The lowest BCUT2D eigenvalue weighted by molar-refractivity contribution is 0.0124. The molecule has 0 aliphatic carbocycles. The Labute approximate surface area is 596 Å². The number of nitrogens with zero attached hydrogens (tertiary/aromatic N) is 15. The standard InChI is InChI=1S/C36H58N8O4Si.C20H27ClN4O2Si.C16H32N4O2/c1-27(2)47-29-10-11-32-30(22-29)34(39-44(32)26-46-20-21-49(7,8)9)31-23-33(38-25-37-31)43-19-18-41(28(3)24-43)15-12-40-13-16-42(17-14-40)35(45)48-36(4,5)6;1-14(2)27-15-6-7-18-16(10-15)20(17-11-19(21)23-12-22-17)24-25(18)13-26-8-9-28(3,4)5;1-14-13-17-5-6-19(14)10-7-18-8-11-20(12-9-18)15(21)22-16(2,3)4/h10-11,22-23,25,27-28H,12-21,24,26H2,1-9H3;6-7,10-12,14H,8-9,13H2,1-5H3;14,17H,5-13H2,1-4H3/t28-;;14-/m0.0/s1. The average molecular weight is 1430 g/mol. The molecule has 2 amide bonds. The predicted octanol–water partition coefficient (Wildman–Crippen LogP) is 11.7. The Bertz CT molecular complexity index is 3520. The van der Waals surface area contributed by atoms with Gasteiger partial charge in [0.15, 0.2) is 0 Å². The van der Waals surface area contributed by atoms with Gasteiger partial charge in [-0.2, -0.15) is 10.2 Å². The first-order valence-corrected chi connectivity index (χ1v) is 43.7. The molecule has 1 N–H and O–H groups in total. The second-order valence-electron chi connectivity index (χ2n) is 31.6. The number of halogens is 1. The molecule has 4 aliphatic heterocycles. The third kappa shape index (κ3) is 25.1. The second-order valence-corrected chi connectivity index (χ2v) is 43.2. The van der Waals surface area contributed by atoms with Crippen LogP contribution in [-0.4, -0.2) is 264 Å². The van der Waals surface area contributed by atoms with Gasteiger partial charge >= 0.3 is 12.2 Å². The van der Waals surface area contributed by atoms with Crippen LogP contribution in [-0.2, 0) is 32.4 Å². The fourth-order valence-electron chi connectivity index (χ4n) is 12.0. The van der Waals surface area contributed by atoms with Gasteiger partial charge in [0.25, 0.3) is 0 Å². The molecule has 27 heteroatoms. The van der Waals surface area contributed by atoms with Gasteiger partial charge in [-0.3, -0.25) is 19.6 Å². The normalized spacial score (nSPS) is 18.2. The number of carbonyl (C=O) groups is 2. The van der Waals surface area contributed by atoms with Crippen LogP contribution in [0.15, 0.2) is 61.2 Å². The Hall–Kier alpha value is -6.08. The van der Waals surface area contributed by atoms with Gasteiger partial charge in [0, 0.05) is 182 Å². The molecule has 6 aromatic rings. The van der Waals surface area contributed by atoms with Gasteiger partial charge in [-0.1, -0.05) is 50.9 Å². The number of ether oxygens (including phenoxy) is 6. The minimum atomic E-state index is -1.19. The Kier molecular flexibility index (Phi) is 28.3. The SMILES string of the molecule is CC(C)Oc1ccc2c(c1)c(-c1cc(Cl)ncn1)nn2COCC[Si](C)(C)C.CC(C)Oc1ccc2c(c1)c(-c1cc(N3CCN(CCN4CCN(C(=O)OC(C)(C)C)CC4)[C@@H](C)C3)ncn1)nn2COCC[Si](C)(C)C.C[C@H]1CNCCN1CCN1CCN(C(=O)OC(C)(C)C)CC1. The summed E-state index contributed by atoms with van der Waals surface area (Å²) in [5.74, 6) is 2.52. The topological polar surface area (TPSA) is 211 Å². The van der Waals surface area contributed by atoms with Crippen LogP contribution < -0.4 is 19.7 Å². The highest BCUT2D eigenvalue weighted by Gasteiger charge is 2.31. The highest BCUT2D eigenvalue weighted by atomic mass is 35.5. The van der Waals surface area contributed by atoms with Gasteiger partial charge in [0.2, 0.25) is 0 Å². The number of rotatable bonds is 23. The van der Waals surface area contributed by atoms with Crippen LogP contribution in [0, 0.1) is 0 Å². The molecule has 0 bridgehead atoms. The van der Waals surface area contributed by atoms with E-state index in [1.807, 2.05) is 113 Å². The van der Waals surface area contributed by atoms with Crippen molar-refractivity contribution in [1.29, 1.82) is 0 Å². The van der Waals surface area contributed by atoms with Crippen molar-refractivity contribution in [2.75, 3.05) is 136 Å². The number of aromatic nitrogens is 8. The second kappa shape index (κ2) is 35.7. The van der Waals surface area contributed by atoms with Gasteiger partial charge in [-0.15, -0.1) is 0 Å². The molecule has 4 fully saturated rings. The number of amides is 2. The van der Waals surface area contributed by atoms with E-state index in [0.29, 0.717) is 49.5 Å². The summed E-state index contributed by atoms with van der Waals surface area (Å²) < 4.78 is 38.7. The Morgan fingerprint density at radius 1 is 0.566 bits per heavy atom. The van der Waals surface area contributed by atoms with Gasteiger partial charge < -0.3 is 48.4 Å². The van der Waals surface area contributed by atoms with E-state index in [4.69, 9.17) is 60.2 Å². The number of anilines is 1. The summed E-state index contributed by atoms with van der Waals surface area (Å²) in [7, 11) is -2.32. The van der Waals surface area contributed by atoms with E-state index in [-0.39, 0.29) is 24.4 Å². The zero-order chi connectivity index (χ0) is 71.8. The van der Waals surface area contributed by atoms with Crippen LogP contribution in [0.3, 0.4) is 0 Å². The summed E-state index contributed by atoms with van der Waals surface area (Å²) in [4.78, 5) is 58.2. The monoisotopic (exact) mass is 1420 g/mol. The fourth-order valence-corrected chi connectivity index (χ4v) is 13.7. The summed E-state index contributed by atoms with van der Waals surface area (Å²) >= 11 is 6.07. The van der Waals surface area contributed by atoms with Crippen molar-refractivity contribution in [3.8, 4) is 34.3 Å². The molecular weight excluding hydrogens is 1310 g/mol. The van der Waals surface area contributed by atoms with Gasteiger partial charge in [0.1, 0.15) is 71.2 Å². The Morgan fingerprint density at radius 3 is 1.44 bits per heavy atom. The number of fused-ring (bicyclic) bond motifs is 2. The summed E-state index contributed by atoms with van der Waals surface area (Å²) in [6.07, 6.45) is 2.88. The highest BCUT2D eigenvalue weighted by molar-refractivity contribution is 6.76. The van der Waals surface area contributed by atoms with Crippen molar-refractivity contribution in [3.63, 3.8) is 0 Å². The first kappa shape index (κ1) is 78.6. The Balaban J connectivity index is 0.000000210. The molecule has 4 aromatic heterocycles. The fraction of sp³-hybridized carbons (Fsp3) is 0.667. The molecule has 0 radical (unpaired) electrons. The molecule has 24 nitrogen and oxygen atoms in total. The molecule has 10 rings (SSSR count). The minimum absolute atomic E-state index is 0.0709. The van der Waals surface area contributed by atoms with E-state index in [2.05, 4.69) is 111 Å². The van der Waals surface area contributed by atoms with E-state index in [9.17, 15) is 9.59 Å². The smallest absolute Gasteiger partial charge is 0.410 e. The van der Waals surface area contributed by atoms with E-state index in [0.717, 1.165) is 186 Å². The molecule has 4 aliphatic rings. The maximum Gasteiger partial charge on any atom is 0.410 e. The molecule has 8 heterocycles. The number of hydrogen-bond donors (Lipinski definition) is 1. The third-order valence-electron chi connectivity index (χ3n) is 17.6. The van der Waals surface area contributed by atoms with Crippen molar-refractivity contribution >= 4 is 67.6 Å². The van der Waals surface area contributed by atoms with Crippen LogP contribution in [0.4, 0.5) is 15.4 Å². The molecule has 548 valence electrons. The van der Waals surface area contributed by atoms with Crippen LogP contribution in [0.2, 0.25) is 56.5 Å². The number of benzene rings is 2. The molecule has 4 saturated heterocycles. The molecule has 0 unspecified atom stereocenters. The molecular formula is C72H117ClN16O8Si2. The largest absolute Gasteiger partial charge is 0.491 e. The maximum atomic E-state index is 12.5. The van der Waals surface area contributed by atoms with Gasteiger partial charge in [-0.25, -0.2) is 38.9 Å². The lowest BCUT2D eigenvalue weighted by atomic mass is 10.1. The van der Waals surface area contributed by atoms with E-state index < -0.39 is 27.3 Å². The van der Waals surface area contributed by atoms with Crippen molar-refractivity contribution in [1.82, 2.24) is 74.2 Å². The molecule has 0 spiro atoms.